The molecule has 22 N–H and O–H groups in total. The van der Waals surface area contributed by atoms with Crippen molar-refractivity contribution in [2.75, 3.05) is 53.4 Å². The largest absolute Gasteiger partial charge is 0.432 e. The Morgan fingerprint density at radius 3 is 1.32 bits per heavy atom. The van der Waals surface area contributed by atoms with E-state index < -0.39 is 276 Å². The van der Waals surface area contributed by atoms with E-state index in [4.69, 9.17) is 66.3 Å². The molecule has 97 heavy (non-hydrogen) atoms. The third-order valence-corrected chi connectivity index (χ3v) is 22.5. The summed E-state index contributed by atoms with van der Waals surface area (Å²) in [5.41, 5.74) is -3.69. The first-order valence-corrected chi connectivity index (χ1v) is 32.7. The van der Waals surface area contributed by atoms with Crippen LogP contribution in [-0.2, 0) is 71.1 Å². The lowest BCUT2D eigenvalue weighted by Crippen LogP contribution is -2.68. The minimum atomic E-state index is -3.27. The third kappa shape index (κ3) is 14.2. The van der Waals surface area contributed by atoms with Crippen LogP contribution in [0.25, 0.3) is 0 Å². The summed E-state index contributed by atoms with van der Waals surface area (Å²) < 4.78 is 83.8. The third-order valence-electron chi connectivity index (χ3n) is 22.5. The lowest BCUT2D eigenvalue weighted by Gasteiger charge is -2.64. The Morgan fingerprint density at radius 1 is 0.495 bits per heavy atom. The Labute approximate surface area is 555 Å². The molecule has 560 valence electrons. The van der Waals surface area contributed by atoms with Gasteiger partial charge in [0.25, 0.3) is 0 Å². The molecule has 34 unspecified atom stereocenters. The van der Waals surface area contributed by atoms with Crippen molar-refractivity contribution in [2.24, 2.45) is 28.1 Å². The number of aliphatic hydroxyl groups excluding tert-OH is 20. The monoisotopic (exact) mass is 1410 g/mol. The first kappa shape index (κ1) is 77.4. The van der Waals surface area contributed by atoms with E-state index in [2.05, 4.69) is 13.5 Å². The van der Waals surface area contributed by atoms with Crippen molar-refractivity contribution >= 4 is 5.97 Å². The topological polar surface area (TPSA) is 591 Å². The quantitative estimate of drug-likeness (QED) is 0.0195. The summed E-state index contributed by atoms with van der Waals surface area (Å²) in [4.78, 5) is 15.5. The fraction of sp³-hybridized carbons (Fsp3) is 0.950. The minimum Gasteiger partial charge on any atom is -0.432 e. The van der Waals surface area contributed by atoms with Gasteiger partial charge in [0.15, 0.2) is 43.7 Å². The molecule has 4 aliphatic carbocycles. The van der Waals surface area contributed by atoms with Gasteiger partial charge in [0.05, 0.1) is 57.3 Å². The number of carbonyl (C=O) groups excluding carboxylic acids is 1. The molecular weight excluding hydrogens is 1310 g/mol. The molecule has 10 aliphatic rings. The molecule has 4 saturated carbocycles. The number of esters is 1. The van der Waals surface area contributed by atoms with Crippen LogP contribution in [0.5, 0.6) is 0 Å². The molecule has 0 radical (unpaired) electrons. The average molecular weight is 1410 g/mol. The highest BCUT2D eigenvalue weighted by atomic mass is 16.8. The van der Waals surface area contributed by atoms with E-state index >= 15 is 4.79 Å². The lowest BCUT2D eigenvalue weighted by atomic mass is 9.41. The summed E-state index contributed by atoms with van der Waals surface area (Å²) in [6, 6.07) is 0. The van der Waals surface area contributed by atoms with Crippen LogP contribution in [0.4, 0.5) is 0 Å². The number of fused-ring (bicyclic) bond motifs is 3. The zero-order valence-electron chi connectivity index (χ0n) is 53.5. The summed E-state index contributed by atoms with van der Waals surface area (Å²) in [5.74, 6) is -4.89. The molecule has 6 heterocycles. The highest BCUT2D eigenvalue weighted by Crippen LogP contribution is 2.74. The maximum atomic E-state index is 15.5. The number of hydrogen-bond donors (Lipinski definition) is 22. The van der Waals surface area contributed by atoms with E-state index in [1.807, 2.05) is 0 Å². The van der Waals surface area contributed by atoms with E-state index in [1.54, 1.807) is 6.92 Å². The number of hydrogen-bond acceptors (Lipinski definition) is 37. The van der Waals surface area contributed by atoms with Crippen molar-refractivity contribution in [2.45, 2.75) is 274 Å². The lowest BCUT2D eigenvalue weighted by molar-refractivity contribution is -0.416. The minimum absolute atomic E-state index is 0.145. The first-order valence-electron chi connectivity index (χ1n) is 32.7. The van der Waals surface area contributed by atoms with E-state index in [9.17, 15) is 112 Å². The molecule has 0 aromatic rings. The predicted octanol–water partition coefficient (Wildman–Crippen LogP) is -10.8. The van der Waals surface area contributed by atoms with E-state index in [0.717, 1.165) is 7.11 Å². The molecule has 1 spiro atoms. The number of aliphatic hydroxyl groups is 22. The molecule has 37 heteroatoms. The Bertz CT molecular complexity index is 2610. The highest BCUT2D eigenvalue weighted by Gasteiger charge is 2.70. The second-order valence-electron chi connectivity index (χ2n) is 28.1. The van der Waals surface area contributed by atoms with Gasteiger partial charge in [-0.3, -0.25) is 4.79 Å². The fourth-order valence-electron chi connectivity index (χ4n) is 17.1. The van der Waals surface area contributed by atoms with Crippen LogP contribution in [-0.4, -0.2) is 374 Å². The van der Waals surface area contributed by atoms with Crippen LogP contribution in [0, 0.1) is 28.1 Å². The van der Waals surface area contributed by atoms with Crippen LogP contribution in [0.15, 0.2) is 12.2 Å². The number of ether oxygens (including phenoxy) is 14. The maximum Gasteiger partial charge on any atom is 0.314 e. The SMILES string of the molecule is C=C1CC23CCC4[C@](C)(C(=O)OC5OC(CO)C(O)C(OC6OC(CO)C(O)C(O)C6O)C5OC5OC(CO)C(O)C(O)C5O)CCC[C@@]4(C)[C@@H]2CCC1(OC1OC(COC(O)(O)C(CO)OC)C(O)C(OC2OC(CO)C(O)C(O)C2O)C1OC1OC(CO)C(O)C(O)C1O)C3. The number of carbonyl (C=O) groups is 1. The van der Waals surface area contributed by atoms with Crippen molar-refractivity contribution < 1.29 is 183 Å². The molecule has 37 nitrogen and oxygen atoms in total. The van der Waals surface area contributed by atoms with Crippen molar-refractivity contribution in [3.63, 3.8) is 0 Å². The number of rotatable bonds is 23. The molecule has 6 aliphatic heterocycles. The Balaban J connectivity index is 0.950. The molecule has 2 bridgehead atoms. The normalized spacial score (nSPS) is 51.5. The summed E-state index contributed by atoms with van der Waals surface area (Å²) in [6.45, 7) is 1.67. The smallest absolute Gasteiger partial charge is 0.314 e. The molecule has 0 amide bonds. The van der Waals surface area contributed by atoms with Gasteiger partial charge in [-0.1, -0.05) is 19.9 Å². The van der Waals surface area contributed by atoms with Gasteiger partial charge in [-0.15, -0.1) is 0 Å². The van der Waals surface area contributed by atoms with Crippen LogP contribution in [0.3, 0.4) is 0 Å². The standard InChI is InChI=1S/C60H98O37/c1-21-12-58-10-6-28-56(2,8-5-9-57(28,3)55(81)96-53-47(94-51-43(79)39(75)33(69)24(15-63)88-51)45(35(71)26(17-65)90-53)92-49-41(77)37(73)31(67)22(13-61)86-49)29(58)7-11-59(21,20-58)97-54-48(95-52-44(80)40(76)34(70)25(16-64)89-52)46(93-50-42(78)38(74)32(68)23(14-62)87-50)36(72)27(91-54)19-85-60(82,83)30(18-66)84-4/h22-54,61-80,82-83H,1,5-20H2,2-4H3/t22?,23?,24?,25?,26?,27?,28?,29-,30?,31?,32?,33?,34?,35?,36?,37?,38?,39?,40?,41?,42?,43?,44?,45?,46?,47?,48?,49?,50?,51?,52?,53?,54?,56+,57+,58?,59?/m0/s1. The summed E-state index contributed by atoms with van der Waals surface area (Å²) in [5, 5.41) is 238. The van der Waals surface area contributed by atoms with Crippen LogP contribution in [0.2, 0.25) is 0 Å². The zero-order valence-corrected chi connectivity index (χ0v) is 53.5. The molecular formula is C60H98O37. The summed E-state index contributed by atoms with van der Waals surface area (Å²) >= 11 is 0. The Hall–Kier alpha value is -2.19. The molecule has 0 aromatic heterocycles. The molecule has 37 atom stereocenters. The van der Waals surface area contributed by atoms with Gasteiger partial charge in [0.1, 0.15) is 140 Å². The number of methoxy groups -OCH3 is 1. The van der Waals surface area contributed by atoms with Gasteiger partial charge in [0.2, 0.25) is 6.29 Å². The average Bonchev–Trinajstić information content (AvgIpc) is 1.59. The zero-order chi connectivity index (χ0) is 70.9. The maximum absolute atomic E-state index is 15.5. The van der Waals surface area contributed by atoms with Gasteiger partial charge >= 0.3 is 11.9 Å². The van der Waals surface area contributed by atoms with E-state index in [-0.39, 0.29) is 25.2 Å². The van der Waals surface area contributed by atoms with Crippen LogP contribution < -0.4 is 0 Å². The fourth-order valence-corrected chi connectivity index (χ4v) is 17.1. The molecule has 10 rings (SSSR count). The van der Waals surface area contributed by atoms with Gasteiger partial charge in [-0.05, 0) is 86.5 Å². The van der Waals surface area contributed by atoms with E-state index in [1.165, 1.54) is 0 Å². The second-order valence-corrected chi connectivity index (χ2v) is 28.1. The van der Waals surface area contributed by atoms with Crippen molar-refractivity contribution in [3.05, 3.63) is 12.2 Å². The van der Waals surface area contributed by atoms with Gasteiger partial charge in [-0.25, -0.2) is 0 Å². The predicted molar refractivity (Wildman–Crippen MR) is 308 cm³/mol. The van der Waals surface area contributed by atoms with Crippen LogP contribution >= 0.6 is 0 Å². The molecule has 0 aromatic carbocycles. The van der Waals surface area contributed by atoms with Crippen LogP contribution in [0.1, 0.15) is 71.6 Å². The van der Waals surface area contributed by atoms with Crippen molar-refractivity contribution in [1.82, 2.24) is 0 Å². The Kier molecular flexibility index (Phi) is 24.3. The highest BCUT2D eigenvalue weighted by molar-refractivity contribution is 5.77. The Morgan fingerprint density at radius 2 is 0.887 bits per heavy atom. The van der Waals surface area contributed by atoms with Gasteiger partial charge in [-0.2, -0.15) is 0 Å². The first-order chi connectivity index (χ1) is 45.8. The van der Waals surface area contributed by atoms with Crippen molar-refractivity contribution in [1.29, 1.82) is 0 Å². The van der Waals surface area contributed by atoms with Crippen molar-refractivity contribution in [3.8, 4) is 0 Å². The summed E-state index contributed by atoms with van der Waals surface area (Å²) in [7, 11) is 1.03. The van der Waals surface area contributed by atoms with Gasteiger partial charge < -0.3 is 179 Å². The second kappa shape index (κ2) is 30.5. The molecule has 10 fully saturated rings. The molecule has 6 saturated heterocycles. The van der Waals surface area contributed by atoms with E-state index in [0.29, 0.717) is 44.1 Å². The van der Waals surface area contributed by atoms with Gasteiger partial charge in [0, 0.05) is 7.11 Å². The summed E-state index contributed by atoms with van der Waals surface area (Å²) in [6.07, 6.45) is -56.7.